The first-order valence-electron chi connectivity index (χ1n) is 12.2. The second-order valence-corrected chi connectivity index (χ2v) is 11.7. The zero-order valence-corrected chi connectivity index (χ0v) is 22.0. The van der Waals surface area contributed by atoms with Crippen molar-refractivity contribution in [3.05, 3.63) is 128 Å². The lowest BCUT2D eigenvalue weighted by molar-refractivity contribution is 1.63. The van der Waals surface area contributed by atoms with Crippen LogP contribution in [0.3, 0.4) is 0 Å². The molecule has 0 radical (unpaired) electrons. The van der Waals surface area contributed by atoms with Gasteiger partial charge in [0.1, 0.15) is 0 Å². The molecule has 0 aliphatic carbocycles. The van der Waals surface area contributed by atoms with E-state index in [0.29, 0.717) is 0 Å². The Labute approximate surface area is 220 Å². The lowest BCUT2D eigenvalue weighted by Crippen LogP contribution is -1.92. The van der Waals surface area contributed by atoms with E-state index in [9.17, 15) is 0 Å². The summed E-state index contributed by atoms with van der Waals surface area (Å²) in [5, 5.41) is 5.07. The van der Waals surface area contributed by atoms with E-state index in [1.807, 2.05) is 22.7 Å². The summed E-state index contributed by atoms with van der Waals surface area (Å²) < 4.78 is 0. The first-order valence-corrected chi connectivity index (χ1v) is 13.8. The third-order valence-electron chi connectivity index (χ3n) is 6.55. The first-order chi connectivity index (χ1) is 17.7. The van der Waals surface area contributed by atoms with E-state index in [4.69, 9.17) is 0 Å². The van der Waals surface area contributed by atoms with Crippen LogP contribution in [-0.2, 0) is 0 Å². The molecule has 0 N–H and O–H groups in total. The third-order valence-corrected chi connectivity index (χ3v) is 8.48. The molecule has 2 aromatic heterocycles. The molecular formula is C34H26S2. The van der Waals surface area contributed by atoms with Gasteiger partial charge in [0, 0.05) is 19.5 Å². The van der Waals surface area contributed by atoms with Gasteiger partial charge in [-0.2, -0.15) is 0 Å². The highest BCUT2D eigenvalue weighted by Gasteiger charge is 2.15. The van der Waals surface area contributed by atoms with Crippen molar-refractivity contribution < 1.29 is 0 Å². The van der Waals surface area contributed by atoms with Gasteiger partial charge >= 0.3 is 0 Å². The summed E-state index contributed by atoms with van der Waals surface area (Å²) in [5.41, 5.74) is 5.04. The zero-order valence-electron chi connectivity index (χ0n) is 20.4. The van der Waals surface area contributed by atoms with Crippen LogP contribution in [0.2, 0.25) is 0 Å². The summed E-state index contributed by atoms with van der Waals surface area (Å²) >= 11 is 3.66. The molecule has 6 rings (SSSR count). The Kier molecular flexibility index (Phi) is 6.14. The Morgan fingerprint density at radius 1 is 0.444 bits per heavy atom. The molecular weight excluding hydrogens is 473 g/mol. The molecule has 0 aliphatic rings. The van der Waals surface area contributed by atoms with Gasteiger partial charge in [0.15, 0.2) is 0 Å². The molecule has 0 amide bonds. The van der Waals surface area contributed by atoms with Crippen molar-refractivity contribution in [3.63, 3.8) is 0 Å². The van der Waals surface area contributed by atoms with Gasteiger partial charge in [0.2, 0.25) is 0 Å². The van der Waals surface area contributed by atoms with Gasteiger partial charge in [0.05, 0.1) is 0 Å². The van der Waals surface area contributed by atoms with Gasteiger partial charge < -0.3 is 0 Å². The molecule has 4 aromatic carbocycles. The number of rotatable bonds is 5. The average Bonchev–Trinajstić information content (AvgIpc) is 3.53. The quantitative estimate of drug-likeness (QED) is 0.222. The van der Waals surface area contributed by atoms with Crippen LogP contribution in [0.25, 0.3) is 57.0 Å². The molecule has 2 heterocycles. The van der Waals surface area contributed by atoms with E-state index >= 15 is 0 Å². The van der Waals surface area contributed by atoms with Crippen molar-refractivity contribution in [1.82, 2.24) is 0 Å². The fourth-order valence-corrected chi connectivity index (χ4v) is 6.40. The molecule has 0 nitrogen and oxygen atoms in total. The lowest BCUT2D eigenvalue weighted by atomic mass is 9.86. The summed E-state index contributed by atoms with van der Waals surface area (Å²) in [6.45, 7) is 4.32. The van der Waals surface area contributed by atoms with E-state index in [-0.39, 0.29) is 0 Å². The fourth-order valence-electron chi connectivity index (χ4n) is 4.84. The molecule has 0 aliphatic heterocycles. The number of hydrogen-bond acceptors (Lipinski definition) is 2. The molecule has 0 bridgehead atoms. The minimum absolute atomic E-state index is 1.23. The number of benzene rings is 4. The monoisotopic (exact) mass is 498 g/mol. The molecule has 0 spiro atoms. The Bertz CT molecular complexity index is 1630. The van der Waals surface area contributed by atoms with Crippen LogP contribution in [0.1, 0.15) is 30.6 Å². The molecule has 174 valence electrons. The van der Waals surface area contributed by atoms with Crippen LogP contribution in [0.5, 0.6) is 0 Å². The van der Waals surface area contributed by atoms with E-state index in [1.54, 1.807) is 0 Å². The largest absolute Gasteiger partial charge is 0.141 e. The van der Waals surface area contributed by atoms with Crippen LogP contribution < -0.4 is 0 Å². The van der Waals surface area contributed by atoms with Gasteiger partial charge in [-0.15, -0.1) is 22.7 Å². The van der Waals surface area contributed by atoms with Crippen LogP contribution in [0.4, 0.5) is 0 Å². The normalized spacial score (nSPS) is 11.9. The third kappa shape index (κ3) is 4.46. The van der Waals surface area contributed by atoms with Crippen LogP contribution in [0, 0.1) is 13.8 Å². The molecule has 0 saturated carbocycles. The topological polar surface area (TPSA) is 0 Å². The molecule has 36 heavy (non-hydrogen) atoms. The second kappa shape index (κ2) is 9.73. The highest BCUT2D eigenvalue weighted by molar-refractivity contribution is 7.13. The van der Waals surface area contributed by atoms with Crippen molar-refractivity contribution in [1.29, 1.82) is 0 Å². The van der Waals surface area contributed by atoms with Gasteiger partial charge in [-0.25, -0.2) is 0 Å². The van der Waals surface area contributed by atoms with Gasteiger partial charge in [-0.3, -0.25) is 0 Å². The SMILES string of the molecule is Cc1ccc(/C=C\c2ccc3ccccc3c2-c2c(/C=C\c3ccc(C)s3)ccc3ccccc23)s1. The minimum atomic E-state index is 1.23. The van der Waals surface area contributed by atoms with E-state index < -0.39 is 0 Å². The maximum atomic E-state index is 2.28. The Balaban J connectivity index is 1.63. The molecule has 0 saturated heterocycles. The van der Waals surface area contributed by atoms with Crippen molar-refractivity contribution in [2.75, 3.05) is 0 Å². The standard InChI is InChI=1S/C34H26S2/c1-23-11-19-29(35-23)21-17-27-15-13-25-7-3-5-9-31(25)33(27)34-28(18-22-30-20-12-24(2)36-30)16-14-26-8-4-6-10-32(26)34/h3-22H,1-2H3/b21-17-,22-18-. The zero-order chi connectivity index (χ0) is 24.5. The molecule has 6 aromatic rings. The molecule has 0 unspecified atom stereocenters. The predicted molar refractivity (Wildman–Crippen MR) is 163 cm³/mol. The van der Waals surface area contributed by atoms with Crippen LogP contribution in [-0.4, -0.2) is 0 Å². The lowest BCUT2D eigenvalue weighted by Gasteiger charge is -2.17. The Morgan fingerprint density at radius 3 is 1.31 bits per heavy atom. The van der Waals surface area contributed by atoms with Crippen LogP contribution in [0.15, 0.2) is 97.1 Å². The van der Waals surface area contributed by atoms with Crippen molar-refractivity contribution in [3.8, 4) is 11.1 Å². The Hall–Kier alpha value is -3.72. The maximum absolute atomic E-state index is 2.28. The van der Waals surface area contributed by atoms with E-state index in [0.717, 1.165) is 0 Å². The number of fused-ring (bicyclic) bond motifs is 2. The maximum Gasteiger partial charge on any atom is 0.0273 e. The highest BCUT2D eigenvalue weighted by Crippen LogP contribution is 2.40. The summed E-state index contributed by atoms with van der Waals surface area (Å²) in [7, 11) is 0. The number of hydrogen-bond donors (Lipinski definition) is 0. The fraction of sp³-hybridized carbons (Fsp3) is 0.0588. The second-order valence-electron chi connectivity index (χ2n) is 9.07. The van der Waals surface area contributed by atoms with Crippen LogP contribution >= 0.6 is 22.7 Å². The molecule has 0 atom stereocenters. The van der Waals surface area contributed by atoms with Crippen molar-refractivity contribution in [2.24, 2.45) is 0 Å². The van der Waals surface area contributed by atoms with E-state index in [1.165, 1.54) is 63.3 Å². The van der Waals surface area contributed by atoms with Crippen molar-refractivity contribution in [2.45, 2.75) is 13.8 Å². The minimum Gasteiger partial charge on any atom is -0.141 e. The molecule has 0 fully saturated rings. The van der Waals surface area contributed by atoms with Gasteiger partial charge in [0.25, 0.3) is 0 Å². The Morgan fingerprint density at radius 2 is 0.889 bits per heavy atom. The summed E-state index contributed by atoms with van der Waals surface area (Å²) in [5.74, 6) is 0. The summed E-state index contributed by atoms with van der Waals surface area (Å²) in [6.07, 6.45) is 9.07. The highest BCUT2D eigenvalue weighted by atomic mass is 32.1. The first kappa shape index (κ1) is 22.7. The number of thiophene rings is 2. The van der Waals surface area contributed by atoms with Gasteiger partial charge in [-0.1, -0.05) is 84.9 Å². The predicted octanol–water partition coefficient (Wildman–Crippen LogP) is 10.7. The summed E-state index contributed by atoms with van der Waals surface area (Å²) in [6, 6.07) is 35.3. The number of aryl methyl sites for hydroxylation is 2. The van der Waals surface area contributed by atoms with Gasteiger partial charge in [-0.05, 0) is 94.1 Å². The molecule has 2 heteroatoms. The van der Waals surface area contributed by atoms with E-state index in [2.05, 4.69) is 135 Å². The average molecular weight is 499 g/mol. The smallest absolute Gasteiger partial charge is 0.0273 e. The summed E-state index contributed by atoms with van der Waals surface area (Å²) in [4.78, 5) is 5.22. The van der Waals surface area contributed by atoms with Crippen molar-refractivity contribution >= 4 is 68.5 Å².